The maximum atomic E-state index is 6.47. The van der Waals surface area contributed by atoms with E-state index in [-0.39, 0.29) is 5.54 Å². The maximum Gasteiger partial charge on any atom is 0.0863 e. The number of nitrogens with one attached hydrogen (secondary N) is 1. The van der Waals surface area contributed by atoms with Crippen molar-refractivity contribution in [1.29, 1.82) is 0 Å². The molecule has 0 bridgehead atoms. The van der Waals surface area contributed by atoms with E-state index in [4.69, 9.17) is 11.6 Å². The molecule has 1 atom stereocenters. The number of rotatable bonds is 4. The van der Waals surface area contributed by atoms with Crippen molar-refractivity contribution in [3.8, 4) is 0 Å². The zero-order chi connectivity index (χ0) is 14.8. The molecule has 4 nitrogen and oxygen atoms in total. The molecule has 0 amide bonds. The van der Waals surface area contributed by atoms with Gasteiger partial charge in [0.2, 0.25) is 0 Å². The van der Waals surface area contributed by atoms with Gasteiger partial charge in [-0.05, 0) is 39.3 Å². The highest BCUT2D eigenvalue weighted by Crippen LogP contribution is 2.24. The van der Waals surface area contributed by atoms with E-state index >= 15 is 0 Å². The fourth-order valence-corrected chi connectivity index (χ4v) is 3.25. The van der Waals surface area contributed by atoms with Crippen molar-refractivity contribution < 1.29 is 0 Å². The molecule has 0 radical (unpaired) electrons. The predicted molar refractivity (Wildman–Crippen MR) is 84.2 cm³/mol. The maximum absolute atomic E-state index is 6.47. The van der Waals surface area contributed by atoms with Crippen molar-refractivity contribution in [3.63, 3.8) is 0 Å². The third-order valence-corrected chi connectivity index (χ3v) is 4.87. The number of hydrogen-bond acceptors (Lipinski definition) is 3. The Morgan fingerprint density at radius 1 is 1.40 bits per heavy atom. The Kier molecular flexibility index (Phi) is 5.10. The lowest BCUT2D eigenvalue weighted by molar-refractivity contribution is 0.204. The Morgan fingerprint density at radius 2 is 2.15 bits per heavy atom. The van der Waals surface area contributed by atoms with Gasteiger partial charge < -0.3 is 5.32 Å². The largest absolute Gasteiger partial charge is 0.310 e. The van der Waals surface area contributed by atoms with Crippen LogP contribution in [-0.2, 0) is 20.0 Å². The van der Waals surface area contributed by atoms with Crippen LogP contribution in [0.15, 0.2) is 0 Å². The Balaban J connectivity index is 2.14. The number of aromatic nitrogens is 2. The van der Waals surface area contributed by atoms with Crippen LogP contribution >= 0.6 is 11.6 Å². The van der Waals surface area contributed by atoms with E-state index in [1.165, 1.54) is 6.42 Å². The minimum absolute atomic E-state index is 0.204. The summed E-state index contributed by atoms with van der Waals surface area (Å²) in [6, 6.07) is 0. The van der Waals surface area contributed by atoms with Gasteiger partial charge in [-0.1, -0.05) is 25.4 Å². The van der Waals surface area contributed by atoms with E-state index in [0.29, 0.717) is 0 Å². The van der Waals surface area contributed by atoms with E-state index in [1.54, 1.807) is 0 Å². The second-order valence-electron chi connectivity index (χ2n) is 6.09. The van der Waals surface area contributed by atoms with E-state index in [2.05, 4.69) is 36.1 Å². The first kappa shape index (κ1) is 15.8. The number of nitrogens with zero attached hydrogens (tertiary/aromatic N) is 3. The summed E-state index contributed by atoms with van der Waals surface area (Å²) in [6.07, 6.45) is 3.22. The molecule has 0 saturated carbocycles. The normalized spacial score (nSPS) is 24.9. The molecule has 1 aromatic heterocycles. The van der Waals surface area contributed by atoms with Crippen molar-refractivity contribution >= 4 is 11.6 Å². The number of hydrogen-bond donors (Lipinski definition) is 1. The average Bonchev–Trinajstić information content (AvgIpc) is 2.61. The van der Waals surface area contributed by atoms with Gasteiger partial charge in [-0.25, -0.2) is 0 Å². The lowest BCUT2D eigenvalue weighted by Gasteiger charge is -2.32. The topological polar surface area (TPSA) is 33.1 Å². The minimum atomic E-state index is 0.204. The highest BCUT2D eigenvalue weighted by molar-refractivity contribution is 6.31. The smallest absolute Gasteiger partial charge is 0.0863 e. The van der Waals surface area contributed by atoms with Gasteiger partial charge in [0.1, 0.15) is 0 Å². The molecule has 5 heteroatoms. The molecule has 1 aliphatic heterocycles. The third-order valence-electron chi connectivity index (χ3n) is 4.43. The second-order valence-corrected chi connectivity index (χ2v) is 6.47. The Labute approximate surface area is 127 Å². The Hall–Kier alpha value is -0.580. The minimum Gasteiger partial charge on any atom is -0.310 e. The summed E-state index contributed by atoms with van der Waals surface area (Å²) in [5.41, 5.74) is 2.36. The summed E-state index contributed by atoms with van der Waals surface area (Å²) in [5, 5.41) is 9.04. The molecule has 1 aromatic rings. The molecule has 1 fully saturated rings. The molecular formula is C15H27ClN4. The van der Waals surface area contributed by atoms with E-state index < -0.39 is 0 Å². The molecule has 20 heavy (non-hydrogen) atoms. The van der Waals surface area contributed by atoms with Crippen LogP contribution < -0.4 is 5.32 Å². The van der Waals surface area contributed by atoms with Crippen LogP contribution in [0.25, 0.3) is 0 Å². The molecule has 1 N–H and O–H groups in total. The van der Waals surface area contributed by atoms with Crippen LogP contribution in [0.1, 0.15) is 45.0 Å². The number of halogens is 1. The Morgan fingerprint density at radius 3 is 2.75 bits per heavy atom. The molecule has 2 heterocycles. The molecule has 0 aliphatic carbocycles. The van der Waals surface area contributed by atoms with Gasteiger partial charge >= 0.3 is 0 Å². The first-order valence-electron chi connectivity index (χ1n) is 7.66. The first-order chi connectivity index (χ1) is 9.49. The SMILES string of the molecule is CCc1nn(C)c(CN2CCCNC(C)(CC)C2)c1Cl. The van der Waals surface area contributed by atoms with Gasteiger partial charge in [0.25, 0.3) is 0 Å². The Bertz CT molecular complexity index is 457. The fourth-order valence-electron chi connectivity index (χ4n) is 2.90. The van der Waals surface area contributed by atoms with Crippen LogP contribution in [-0.4, -0.2) is 39.9 Å². The van der Waals surface area contributed by atoms with E-state index in [9.17, 15) is 0 Å². The molecule has 2 rings (SSSR count). The zero-order valence-electron chi connectivity index (χ0n) is 13.2. The molecule has 1 unspecified atom stereocenters. The van der Waals surface area contributed by atoms with Gasteiger partial charge in [-0.3, -0.25) is 9.58 Å². The molecule has 0 spiro atoms. The molecule has 1 aliphatic rings. The summed E-state index contributed by atoms with van der Waals surface area (Å²) >= 11 is 6.47. The summed E-state index contributed by atoms with van der Waals surface area (Å²) in [6.45, 7) is 10.8. The van der Waals surface area contributed by atoms with Crippen LogP contribution in [0.2, 0.25) is 5.02 Å². The molecule has 0 aromatic carbocycles. The van der Waals surface area contributed by atoms with Crippen LogP contribution in [0.4, 0.5) is 0 Å². The second kappa shape index (κ2) is 6.46. The quantitative estimate of drug-likeness (QED) is 0.927. The van der Waals surface area contributed by atoms with Gasteiger partial charge in [0.15, 0.2) is 0 Å². The van der Waals surface area contributed by atoms with Crippen LogP contribution in [0.3, 0.4) is 0 Å². The molecule has 1 saturated heterocycles. The average molecular weight is 299 g/mol. The number of aryl methyl sites for hydroxylation is 2. The molecular weight excluding hydrogens is 272 g/mol. The summed E-state index contributed by atoms with van der Waals surface area (Å²) < 4.78 is 1.95. The van der Waals surface area contributed by atoms with Crippen LogP contribution in [0, 0.1) is 0 Å². The van der Waals surface area contributed by atoms with Crippen molar-refractivity contribution in [2.45, 2.75) is 52.1 Å². The van der Waals surface area contributed by atoms with Crippen molar-refractivity contribution in [2.75, 3.05) is 19.6 Å². The monoisotopic (exact) mass is 298 g/mol. The first-order valence-corrected chi connectivity index (χ1v) is 8.04. The van der Waals surface area contributed by atoms with Crippen molar-refractivity contribution in [3.05, 3.63) is 16.4 Å². The summed E-state index contributed by atoms with van der Waals surface area (Å²) in [4.78, 5) is 2.51. The van der Waals surface area contributed by atoms with Crippen molar-refractivity contribution in [1.82, 2.24) is 20.0 Å². The van der Waals surface area contributed by atoms with E-state index in [1.807, 2.05) is 11.7 Å². The summed E-state index contributed by atoms with van der Waals surface area (Å²) in [7, 11) is 2.00. The van der Waals surface area contributed by atoms with Crippen LogP contribution in [0.5, 0.6) is 0 Å². The van der Waals surface area contributed by atoms with Crippen molar-refractivity contribution in [2.24, 2.45) is 7.05 Å². The fraction of sp³-hybridized carbons (Fsp3) is 0.800. The standard InChI is InChI=1S/C15H27ClN4/c1-5-12-14(16)13(19(4)18-12)10-20-9-7-8-17-15(3,6-2)11-20/h17H,5-11H2,1-4H3. The van der Waals surface area contributed by atoms with Gasteiger partial charge in [-0.15, -0.1) is 0 Å². The van der Waals surface area contributed by atoms with Gasteiger partial charge in [-0.2, -0.15) is 5.10 Å². The third kappa shape index (κ3) is 3.35. The molecule has 114 valence electrons. The zero-order valence-corrected chi connectivity index (χ0v) is 13.9. The van der Waals surface area contributed by atoms with Gasteiger partial charge in [0.05, 0.1) is 16.4 Å². The van der Waals surface area contributed by atoms with E-state index in [0.717, 1.165) is 55.4 Å². The van der Waals surface area contributed by atoms with Gasteiger partial charge in [0, 0.05) is 25.7 Å². The highest BCUT2D eigenvalue weighted by atomic mass is 35.5. The highest BCUT2D eigenvalue weighted by Gasteiger charge is 2.28. The summed E-state index contributed by atoms with van der Waals surface area (Å²) in [5.74, 6) is 0. The predicted octanol–water partition coefficient (Wildman–Crippen LogP) is 2.60. The lowest BCUT2D eigenvalue weighted by Crippen LogP contribution is -2.48. The lowest BCUT2D eigenvalue weighted by atomic mass is 9.98.